The minimum Gasteiger partial charge on any atom is -0.468 e. The van der Waals surface area contributed by atoms with Crippen molar-refractivity contribution in [3.05, 3.63) is 41.6 Å². The lowest BCUT2D eigenvalue weighted by molar-refractivity contribution is 0.266. The van der Waals surface area contributed by atoms with Gasteiger partial charge in [-0.25, -0.2) is 0 Å². The Morgan fingerprint density at radius 1 is 1.60 bits per heavy atom. The van der Waals surface area contributed by atoms with Crippen molar-refractivity contribution in [1.29, 1.82) is 0 Å². The number of aromatic nitrogens is 2. The smallest absolute Gasteiger partial charge is 0.120 e. The highest BCUT2D eigenvalue weighted by atomic mass is 16.3. The lowest BCUT2D eigenvalue weighted by Crippen LogP contribution is -2.27. The Morgan fingerprint density at radius 3 is 3.25 bits per heavy atom. The summed E-state index contributed by atoms with van der Waals surface area (Å²) < 4.78 is 7.38. The molecule has 2 aromatic rings. The maximum absolute atomic E-state index is 9.09. The largest absolute Gasteiger partial charge is 0.468 e. The number of fused-ring (bicyclic) bond motifs is 1. The Morgan fingerprint density at radius 2 is 2.50 bits per heavy atom. The Labute approximate surface area is 118 Å². The Kier molecular flexibility index (Phi) is 3.89. The summed E-state index contributed by atoms with van der Waals surface area (Å²) >= 11 is 0. The highest BCUT2D eigenvalue weighted by molar-refractivity contribution is 5.25. The molecule has 2 heterocycles. The molecule has 108 valence electrons. The molecule has 0 aromatic carbocycles. The van der Waals surface area contributed by atoms with Gasteiger partial charge in [-0.05, 0) is 38.3 Å². The fraction of sp³-hybridized carbons (Fsp3) is 0.533. The van der Waals surface area contributed by atoms with Gasteiger partial charge in [-0.2, -0.15) is 5.10 Å². The van der Waals surface area contributed by atoms with Crippen molar-refractivity contribution in [2.45, 2.75) is 44.8 Å². The third kappa shape index (κ3) is 2.51. The van der Waals surface area contributed by atoms with Gasteiger partial charge in [0.2, 0.25) is 0 Å². The first kappa shape index (κ1) is 13.4. The Balaban J connectivity index is 1.76. The minimum absolute atomic E-state index is 0.134. The molecule has 0 bridgehead atoms. The number of nitrogens with one attached hydrogen (secondary N) is 1. The van der Waals surface area contributed by atoms with E-state index < -0.39 is 0 Å². The van der Waals surface area contributed by atoms with Crippen molar-refractivity contribution < 1.29 is 9.52 Å². The summed E-state index contributed by atoms with van der Waals surface area (Å²) in [4.78, 5) is 0. The zero-order chi connectivity index (χ0) is 13.9. The summed E-state index contributed by atoms with van der Waals surface area (Å²) in [6, 6.07) is 4.41. The predicted molar refractivity (Wildman–Crippen MR) is 75.3 cm³/mol. The van der Waals surface area contributed by atoms with E-state index in [2.05, 4.69) is 17.3 Å². The zero-order valence-electron chi connectivity index (χ0n) is 11.7. The number of aliphatic hydroxyl groups is 1. The van der Waals surface area contributed by atoms with E-state index in [-0.39, 0.29) is 12.6 Å². The van der Waals surface area contributed by atoms with E-state index in [0.717, 1.165) is 25.0 Å². The topological polar surface area (TPSA) is 63.2 Å². The van der Waals surface area contributed by atoms with Gasteiger partial charge in [0.25, 0.3) is 0 Å². The number of hydrogen-bond acceptors (Lipinski definition) is 4. The molecule has 0 saturated carbocycles. The molecular weight excluding hydrogens is 254 g/mol. The molecule has 2 unspecified atom stereocenters. The van der Waals surface area contributed by atoms with Crippen LogP contribution in [0.3, 0.4) is 0 Å². The molecule has 5 heteroatoms. The van der Waals surface area contributed by atoms with Gasteiger partial charge in [0, 0.05) is 17.3 Å². The third-order valence-electron chi connectivity index (χ3n) is 4.00. The quantitative estimate of drug-likeness (QED) is 0.878. The second kappa shape index (κ2) is 5.81. The van der Waals surface area contributed by atoms with E-state index in [1.54, 1.807) is 6.26 Å². The van der Waals surface area contributed by atoms with Crippen LogP contribution in [0, 0.1) is 0 Å². The summed E-state index contributed by atoms with van der Waals surface area (Å²) in [6.45, 7) is 2.83. The minimum atomic E-state index is 0.134. The molecule has 1 aliphatic carbocycles. The van der Waals surface area contributed by atoms with Crippen LogP contribution in [-0.4, -0.2) is 21.5 Å². The van der Waals surface area contributed by atoms with Crippen LogP contribution in [0.4, 0.5) is 0 Å². The molecule has 0 fully saturated rings. The van der Waals surface area contributed by atoms with Crippen molar-refractivity contribution in [3.63, 3.8) is 0 Å². The fourth-order valence-electron chi connectivity index (χ4n) is 3.00. The van der Waals surface area contributed by atoms with Crippen LogP contribution in [0.15, 0.2) is 29.0 Å². The second-order valence-electron chi connectivity index (χ2n) is 5.34. The van der Waals surface area contributed by atoms with Crippen LogP contribution < -0.4 is 5.32 Å². The Bertz CT molecular complexity index is 547. The van der Waals surface area contributed by atoms with Crippen molar-refractivity contribution in [1.82, 2.24) is 15.1 Å². The van der Waals surface area contributed by atoms with E-state index in [0.29, 0.717) is 12.6 Å². The van der Waals surface area contributed by atoms with Crippen molar-refractivity contribution >= 4 is 0 Å². The molecule has 5 nitrogen and oxygen atoms in total. The number of furan rings is 1. The molecule has 3 rings (SSSR count). The number of nitrogens with zero attached hydrogens (tertiary/aromatic N) is 2. The molecule has 2 aromatic heterocycles. The average Bonchev–Trinajstić information content (AvgIpc) is 3.09. The highest BCUT2D eigenvalue weighted by Gasteiger charge is 2.25. The van der Waals surface area contributed by atoms with Crippen LogP contribution in [0.2, 0.25) is 0 Å². The van der Waals surface area contributed by atoms with Gasteiger partial charge in [-0.1, -0.05) is 0 Å². The van der Waals surface area contributed by atoms with E-state index in [1.165, 1.54) is 11.3 Å². The molecular formula is C15H21N3O2. The van der Waals surface area contributed by atoms with Gasteiger partial charge >= 0.3 is 0 Å². The Hall–Kier alpha value is -1.59. The SMILES string of the molecule is CC(NC1CCCc2c1cnn2CCO)c1ccco1. The number of rotatable bonds is 5. The first-order valence-corrected chi connectivity index (χ1v) is 7.24. The molecule has 0 spiro atoms. The van der Waals surface area contributed by atoms with E-state index in [1.807, 2.05) is 23.0 Å². The maximum atomic E-state index is 9.09. The summed E-state index contributed by atoms with van der Waals surface area (Å²) in [6.07, 6.45) is 6.95. The number of hydrogen-bond donors (Lipinski definition) is 2. The summed E-state index contributed by atoms with van der Waals surface area (Å²) in [5.41, 5.74) is 2.53. The first-order chi connectivity index (χ1) is 9.79. The monoisotopic (exact) mass is 275 g/mol. The van der Waals surface area contributed by atoms with Gasteiger partial charge < -0.3 is 14.8 Å². The van der Waals surface area contributed by atoms with Gasteiger partial charge in [-0.15, -0.1) is 0 Å². The van der Waals surface area contributed by atoms with E-state index >= 15 is 0 Å². The molecule has 1 aliphatic rings. The normalized spacial score (nSPS) is 19.8. The molecule has 0 amide bonds. The summed E-state index contributed by atoms with van der Waals surface area (Å²) in [7, 11) is 0. The molecule has 20 heavy (non-hydrogen) atoms. The summed E-state index contributed by atoms with van der Waals surface area (Å²) in [5.74, 6) is 0.958. The lowest BCUT2D eigenvalue weighted by atomic mass is 9.92. The van der Waals surface area contributed by atoms with Gasteiger partial charge in [0.1, 0.15) is 5.76 Å². The first-order valence-electron chi connectivity index (χ1n) is 7.24. The van der Waals surface area contributed by atoms with Gasteiger partial charge in [0.15, 0.2) is 0 Å². The second-order valence-corrected chi connectivity index (χ2v) is 5.34. The third-order valence-corrected chi connectivity index (χ3v) is 4.00. The van der Waals surface area contributed by atoms with Crippen molar-refractivity contribution in [2.75, 3.05) is 6.61 Å². The highest BCUT2D eigenvalue weighted by Crippen LogP contribution is 2.31. The lowest BCUT2D eigenvalue weighted by Gasteiger charge is -2.26. The van der Waals surface area contributed by atoms with Crippen LogP contribution >= 0.6 is 0 Å². The predicted octanol–water partition coefficient (Wildman–Crippen LogP) is 2.20. The van der Waals surface area contributed by atoms with Crippen LogP contribution in [0.1, 0.15) is 48.9 Å². The molecule has 0 radical (unpaired) electrons. The maximum Gasteiger partial charge on any atom is 0.120 e. The zero-order valence-corrected chi connectivity index (χ0v) is 11.7. The van der Waals surface area contributed by atoms with Crippen LogP contribution in [0.5, 0.6) is 0 Å². The molecule has 0 aliphatic heterocycles. The average molecular weight is 275 g/mol. The van der Waals surface area contributed by atoms with Crippen molar-refractivity contribution in [3.8, 4) is 0 Å². The summed E-state index contributed by atoms with van der Waals surface area (Å²) in [5, 5.41) is 17.1. The fourth-order valence-corrected chi connectivity index (χ4v) is 3.00. The van der Waals surface area contributed by atoms with E-state index in [4.69, 9.17) is 9.52 Å². The van der Waals surface area contributed by atoms with E-state index in [9.17, 15) is 0 Å². The van der Waals surface area contributed by atoms with Crippen molar-refractivity contribution in [2.24, 2.45) is 0 Å². The molecule has 2 N–H and O–H groups in total. The molecule has 0 saturated heterocycles. The van der Waals surface area contributed by atoms with Crippen LogP contribution in [0.25, 0.3) is 0 Å². The molecule has 2 atom stereocenters. The standard InChI is InChI=1S/C15H21N3O2/c1-11(15-6-3-9-20-15)17-13-4-2-5-14-12(13)10-16-18(14)7-8-19/h3,6,9-11,13,17,19H,2,4-5,7-8H2,1H3. The van der Waals surface area contributed by atoms with Gasteiger partial charge in [0.05, 0.1) is 31.7 Å². The van der Waals surface area contributed by atoms with Crippen LogP contribution in [-0.2, 0) is 13.0 Å². The van der Waals surface area contributed by atoms with Gasteiger partial charge in [-0.3, -0.25) is 4.68 Å². The number of aliphatic hydroxyl groups excluding tert-OH is 1.